The molecule has 1 unspecified atom stereocenters. The van der Waals surface area contributed by atoms with Crippen molar-refractivity contribution in [3.63, 3.8) is 0 Å². The van der Waals surface area contributed by atoms with Crippen molar-refractivity contribution < 1.29 is 9.90 Å². The number of carboxylic acids is 1. The van der Waals surface area contributed by atoms with Crippen LogP contribution in [0.4, 0.5) is 0 Å². The van der Waals surface area contributed by atoms with Gasteiger partial charge in [-0.1, -0.05) is 46.3 Å². The molecule has 1 atom stereocenters. The monoisotopic (exact) mass is 385 g/mol. The zero-order chi connectivity index (χ0) is 16.0. The Morgan fingerprint density at radius 2 is 1.91 bits per heavy atom. The van der Waals surface area contributed by atoms with E-state index in [0.29, 0.717) is 6.42 Å². The van der Waals surface area contributed by atoms with Gasteiger partial charge in [0.15, 0.2) is 0 Å². The van der Waals surface area contributed by atoms with E-state index in [4.69, 9.17) is 0 Å². The molecule has 0 saturated heterocycles. The first-order chi connectivity index (χ1) is 11.1. The number of hydrogen-bond donors (Lipinski definition) is 1. The van der Waals surface area contributed by atoms with Crippen LogP contribution in [-0.2, 0) is 11.2 Å². The normalized spacial score (nSPS) is 16.5. The summed E-state index contributed by atoms with van der Waals surface area (Å²) in [6.45, 7) is 0. The smallest absolute Gasteiger partial charge is 0.317 e. The molecular weight excluding hydrogens is 374 g/mol. The van der Waals surface area contributed by atoms with Crippen molar-refractivity contribution in [2.24, 2.45) is 0 Å². The molecule has 0 bridgehead atoms. The topological polar surface area (TPSA) is 50.2 Å². The molecule has 1 aromatic heterocycles. The predicted molar refractivity (Wildman–Crippen MR) is 95.9 cm³/mol. The molecule has 0 fully saturated rings. The largest absolute Gasteiger partial charge is 0.480 e. The first-order valence-corrected chi connectivity index (χ1v) is 8.86. The zero-order valence-electron chi connectivity index (χ0n) is 12.0. The number of aliphatic carboxylic acids is 1. The van der Waals surface area contributed by atoms with E-state index in [1.165, 1.54) is 11.8 Å². The average molecular weight is 386 g/mol. The lowest BCUT2D eigenvalue weighted by atomic mass is 9.98. The number of nitrogens with zero attached hydrogens (tertiary/aromatic N) is 1. The molecule has 2 aromatic carbocycles. The fourth-order valence-corrected chi connectivity index (χ4v) is 4.69. The molecule has 0 radical (unpaired) electrons. The van der Waals surface area contributed by atoms with Crippen LogP contribution < -0.4 is 0 Å². The van der Waals surface area contributed by atoms with E-state index in [9.17, 15) is 9.90 Å². The number of carbonyl (C=O) groups is 1. The summed E-state index contributed by atoms with van der Waals surface area (Å²) in [7, 11) is 0. The van der Waals surface area contributed by atoms with Gasteiger partial charge in [-0.05, 0) is 34.4 Å². The van der Waals surface area contributed by atoms with Crippen molar-refractivity contribution in [1.82, 2.24) is 4.98 Å². The number of carboxylic acid groups (broad SMARTS) is 1. The summed E-state index contributed by atoms with van der Waals surface area (Å²) in [6, 6.07) is 12.3. The van der Waals surface area contributed by atoms with Crippen LogP contribution >= 0.6 is 27.7 Å². The van der Waals surface area contributed by atoms with E-state index < -0.39 is 11.2 Å². The summed E-state index contributed by atoms with van der Waals surface area (Å²) >= 11 is 5.02. The molecular formula is C18H12BrNO2S. The van der Waals surface area contributed by atoms with Gasteiger partial charge in [0.2, 0.25) is 0 Å². The van der Waals surface area contributed by atoms with Gasteiger partial charge in [-0.25, -0.2) is 0 Å². The Kier molecular flexibility index (Phi) is 3.62. The van der Waals surface area contributed by atoms with Gasteiger partial charge < -0.3 is 5.11 Å². The molecule has 114 valence electrons. The van der Waals surface area contributed by atoms with Crippen LogP contribution in [0, 0.1) is 0 Å². The molecule has 1 aliphatic heterocycles. The van der Waals surface area contributed by atoms with E-state index in [1.54, 1.807) is 6.20 Å². The Morgan fingerprint density at radius 3 is 2.70 bits per heavy atom. The van der Waals surface area contributed by atoms with E-state index in [2.05, 4.69) is 39.1 Å². The summed E-state index contributed by atoms with van der Waals surface area (Å²) < 4.78 is 1.05. The highest BCUT2D eigenvalue weighted by atomic mass is 79.9. The molecule has 1 N–H and O–H groups in total. The number of aromatic nitrogens is 1. The lowest BCUT2D eigenvalue weighted by Gasteiger charge is -2.11. The fourth-order valence-electron chi connectivity index (χ4n) is 2.99. The van der Waals surface area contributed by atoms with Crippen LogP contribution in [0.15, 0.2) is 58.2 Å². The second-order valence-corrected chi connectivity index (χ2v) is 7.53. The first kappa shape index (κ1) is 14.7. The van der Waals surface area contributed by atoms with Gasteiger partial charge in [-0.2, -0.15) is 0 Å². The second-order valence-electron chi connectivity index (χ2n) is 5.46. The van der Waals surface area contributed by atoms with Gasteiger partial charge in [-0.3, -0.25) is 9.78 Å². The van der Waals surface area contributed by atoms with Crippen molar-refractivity contribution in [3.05, 3.63) is 58.8 Å². The Hall–Kier alpha value is -1.85. The van der Waals surface area contributed by atoms with Gasteiger partial charge >= 0.3 is 5.97 Å². The lowest BCUT2D eigenvalue weighted by molar-refractivity contribution is -0.136. The number of pyridine rings is 1. The van der Waals surface area contributed by atoms with Crippen molar-refractivity contribution >= 4 is 44.4 Å². The number of thioether (sulfide) groups is 1. The first-order valence-electron chi connectivity index (χ1n) is 7.19. The molecule has 4 rings (SSSR count). The van der Waals surface area contributed by atoms with E-state index in [-0.39, 0.29) is 0 Å². The van der Waals surface area contributed by atoms with Gasteiger partial charge in [0.1, 0.15) is 5.25 Å². The number of rotatable bonds is 2. The lowest BCUT2D eigenvalue weighted by Crippen LogP contribution is -2.14. The second kappa shape index (κ2) is 5.65. The maximum Gasteiger partial charge on any atom is 0.317 e. The Bertz CT molecular complexity index is 941. The summed E-state index contributed by atoms with van der Waals surface area (Å²) in [5.74, 6) is -0.766. The summed E-state index contributed by atoms with van der Waals surface area (Å²) in [5.41, 5.74) is 3.12. The molecule has 0 aliphatic carbocycles. The van der Waals surface area contributed by atoms with E-state index >= 15 is 0 Å². The summed E-state index contributed by atoms with van der Waals surface area (Å²) in [6.07, 6.45) is 4.16. The Morgan fingerprint density at radius 1 is 1.13 bits per heavy atom. The minimum atomic E-state index is -0.766. The number of halogens is 1. The number of benzene rings is 2. The van der Waals surface area contributed by atoms with Gasteiger partial charge in [0, 0.05) is 27.3 Å². The van der Waals surface area contributed by atoms with Crippen LogP contribution in [-0.4, -0.2) is 21.3 Å². The van der Waals surface area contributed by atoms with Gasteiger partial charge in [-0.15, -0.1) is 11.8 Å². The molecule has 3 aromatic rings. The van der Waals surface area contributed by atoms with Crippen LogP contribution in [0.3, 0.4) is 0 Å². The van der Waals surface area contributed by atoms with Crippen LogP contribution in [0.5, 0.6) is 0 Å². The molecule has 0 saturated carbocycles. The average Bonchev–Trinajstić information content (AvgIpc) is 3.00. The van der Waals surface area contributed by atoms with Gasteiger partial charge in [0.25, 0.3) is 0 Å². The maximum atomic E-state index is 11.3. The van der Waals surface area contributed by atoms with Crippen LogP contribution in [0.2, 0.25) is 0 Å². The number of fused-ring (bicyclic) bond motifs is 2. The highest BCUT2D eigenvalue weighted by molar-refractivity contribution is 9.10. The Labute approximate surface area is 145 Å². The third-order valence-electron chi connectivity index (χ3n) is 4.07. The standard InChI is InChI=1S/C18H12BrNO2S/c19-15-6-5-12(11-3-1-2-4-13(11)15)14-9-20-8-10-7-16(18(21)22)23-17(10)14/h1-6,8-9,16H,7H2,(H,21,22). The summed E-state index contributed by atoms with van der Waals surface area (Å²) in [5, 5.41) is 11.2. The molecule has 23 heavy (non-hydrogen) atoms. The van der Waals surface area contributed by atoms with Crippen LogP contribution in [0.1, 0.15) is 5.56 Å². The molecule has 1 aliphatic rings. The third kappa shape index (κ3) is 2.44. The van der Waals surface area contributed by atoms with E-state index in [1.807, 2.05) is 24.4 Å². The quantitative estimate of drug-likeness (QED) is 0.690. The van der Waals surface area contributed by atoms with Crippen molar-refractivity contribution in [3.8, 4) is 11.1 Å². The van der Waals surface area contributed by atoms with Crippen molar-refractivity contribution in [2.75, 3.05) is 0 Å². The van der Waals surface area contributed by atoms with E-state index in [0.717, 1.165) is 36.8 Å². The van der Waals surface area contributed by atoms with Crippen molar-refractivity contribution in [2.45, 2.75) is 16.6 Å². The van der Waals surface area contributed by atoms with Crippen LogP contribution in [0.25, 0.3) is 21.9 Å². The SMILES string of the molecule is O=C(O)C1Cc2cncc(-c3ccc(Br)c4ccccc34)c2S1. The molecule has 3 nitrogen and oxygen atoms in total. The van der Waals surface area contributed by atoms with Gasteiger partial charge in [0.05, 0.1) is 0 Å². The third-order valence-corrected chi connectivity index (χ3v) is 6.13. The zero-order valence-corrected chi connectivity index (χ0v) is 14.4. The Balaban J connectivity index is 1.93. The highest BCUT2D eigenvalue weighted by Gasteiger charge is 2.30. The fraction of sp³-hybridized carbons (Fsp3) is 0.111. The number of hydrogen-bond acceptors (Lipinski definition) is 3. The molecule has 5 heteroatoms. The maximum absolute atomic E-state index is 11.3. The highest BCUT2D eigenvalue weighted by Crippen LogP contribution is 2.45. The predicted octanol–water partition coefficient (Wildman–Crippen LogP) is 4.77. The minimum absolute atomic E-state index is 0.422. The molecule has 0 amide bonds. The molecule has 0 spiro atoms. The van der Waals surface area contributed by atoms with Crippen molar-refractivity contribution in [1.29, 1.82) is 0 Å². The summed E-state index contributed by atoms with van der Waals surface area (Å²) in [4.78, 5) is 16.7. The molecule has 2 heterocycles. The minimum Gasteiger partial charge on any atom is -0.480 e.